The topological polar surface area (TPSA) is 70.2 Å². The average Bonchev–Trinajstić information content (AvgIpc) is 2.42. The summed E-state index contributed by atoms with van der Waals surface area (Å²) in [6.07, 6.45) is 1.97. The molecular weight excluding hydrogens is 242 g/mol. The molecule has 1 aliphatic heterocycles. The Hall–Kier alpha value is -2.04. The van der Waals surface area contributed by atoms with Crippen LogP contribution in [-0.2, 0) is 11.2 Å². The fourth-order valence-corrected chi connectivity index (χ4v) is 2.23. The molecule has 1 aliphatic rings. The van der Waals surface area contributed by atoms with Crippen LogP contribution in [0.2, 0.25) is 0 Å². The number of rotatable bonds is 4. The first kappa shape index (κ1) is 13.4. The number of benzene rings is 1. The van der Waals surface area contributed by atoms with Gasteiger partial charge in [-0.2, -0.15) is 0 Å². The predicted octanol–water partition coefficient (Wildman–Crippen LogP) is 0.911. The van der Waals surface area contributed by atoms with Crippen molar-refractivity contribution in [3.8, 4) is 0 Å². The van der Waals surface area contributed by atoms with Crippen molar-refractivity contribution in [3.05, 3.63) is 29.3 Å². The largest absolute Gasteiger partial charge is 0.385 e. The molecular formula is C14H19N3O2. The van der Waals surface area contributed by atoms with E-state index in [-0.39, 0.29) is 11.8 Å². The zero-order chi connectivity index (χ0) is 13.7. The minimum Gasteiger partial charge on any atom is -0.385 e. The van der Waals surface area contributed by atoms with Crippen LogP contribution < -0.4 is 16.0 Å². The van der Waals surface area contributed by atoms with E-state index in [1.807, 2.05) is 18.2 Å². The lowest BCUT2D eigenvalue weighted by molar-refractivity contribution is -0.118. The Kier molecular flexibility index (Phi) is 4.39. The third-order valence-corrected chi connectivity index (χ3v) is 3.12. The highest BCUT2D eigenvalue weighted by atomic mass is 16.2. The van der Waals surface area contributed by atoms with Crippen molar-refractivity contribution >= 4 is 17.5 Å². The highest BCUT2D eigenvalue weighted by molar-refractivity contribution is 5.97. The van der Waals surface area contributed by atoms with Crippen LogP contribution in [0.4, 0.5) is 5.69 Å². The van der Waals surface area contributed by atoms with E-state index < -0.39 is 0 Å². The normalized spacial score (nSPS) is 13.1. The second-order valence-electron chi connectivity index (χ2n) is 4.60. The number of carbonyl (C=O) groups excluding carboxylic acids is 2. The van der Waals surface area contributed by atoms with Gasteiger partial charge in [-0.05, 0) is 30.5 Å². The summed E-state index contributed by atoms with van der Waals surface area (Å²) in [5.74, 6) is -0.165. The summed E-state index contributed by atoms with van der Waals surface area (Å²) in [6.45, 7) is 3.31. The van der Waals surface area contributed by atoms with Crippen LogP contribution in [-0.4, -0.2) is 31.4 Å². The Balaban J connectivity index is 1.97. The maximum Gasteiger partial charge on any atom is 0.251 e. The lowest BCUT2D eigenvalue weighted by Crippen LogP contribution is -2.34. The fourth-order valence-electron chi connectivity index (χ4n) is 2.23. The Morgan fingerprint density at radius 3 is 2.84 bits per heavy atom. The predicted molar refractivity (Wildman–Crippen MR) is 74.3 cm³/mol. The van der Waals surface area contributed by atoms with Crippen molar-refractivity contribution in [2.45, 2.75) is 19.8 Å². The third kappa shape index (κ3) is 3.47. The Morgan fingerprint density at radius 1 is 1.26 bits per heavy atom. The molecule has 0 fully saturated rings. The highest BCUT2D eigenvalue weighted by Gasteiger charge is 2.16. The van der Waals surface area contributed by atoms with Gasteiger partial charge in [-0.15, -0.1) is 0 Å². The fraction of sp³-hybridized carbons (Fsp3) is 0.429. The van der Waals surface area contributed by atoms with Gasteiger partial charge in [0.25, 0.3) is 5.91 Å². The molecule has 0 spiro atoms. The molecule has 3 N–H and O–H groups in total. The molecule has 19 heavy (non-hydrogen) atoms. The molecule has 1 aromatic rings. The quantitative estimate of drug-likeness (QED) is 0.706. The number of hydrogen-bond donors (Lipinski definition) is 3. The van der Waals surface area contributed by atoms with E-state index in [0.717, 1.165) is 36.2 Å². The Bertz CT molecular complexity index is 486. The van der Waals surface area contributed by atoms with Gasteiger partial charge in [0.2, 0.25) is 5.91 Å². The second-order valence-corrected chi connectivity index (χ2v) is 4.60. The number of fused-ring (bicyclic) bond motifs is 1. The van der Waals surface area contributed by atoms with E-state index in [1.165, 1.54) is 6.92 Å². The van der Waals surface area contributed by atoms with Gasteiger partial charge in [-0.3, -0.25) is 9.59 Å². The first-order valence-corrected chi connectivity index (χ1v) is 6.57. The molecule has 0 aromatic heterocycles. The molecule has 0 radical (unpaired) electrons. The second kappa shape index (κ2) is 6.22. The van der Waals surface area contributed by atoms with Gasteiger partial charge < -0.3 is 16.0 Å². The summed E-state index contributed by atoms with van der Waals surface area (Å²) >= 11 is 0. The lowest BCUT2D eigenvalue weighted by atomic mass is 9.97. The molecule has 0 saturated carbocycles. The van der Waals surface area contributed by atoms with Gasteiger partial charge in [0.15, 0.2) is 0 Å². The van der Waals surface area contributed by atoms with Crippen LogP contribution in [0.25, 0.3) is 0 Å². The maximum absolute atomic E-state index is 12.1. The van der Waals surface area contributed by atoms with E-state index in [4.69, 9.17) is 0 Å². The lowest BCUT2D eigenvalue weighted by Gasteiger charge is -2.20. The number of amides is 2. The van der Waals surface area contributed by atoms with Crippen molar-refractivity contribution in [2.24, 2.45) is 0 Å². The van der Waals surface area contributed by atoms with Gasteiger partial charge in [-0.25, -0.2) is 0 Å². The number of carbonyl (C=O) groups is 2. The molecule has 0 aliphatic carbocycles. The van der Waals surface area contributed by atoms with Crippen molar-refractivity contribution in [1.82, 2.24) is 10.6 Å². The van der Waals surface area contributed by atoms with Gasteiger partial charge in [0.05, 0.1) is 0 Å². The molecule has 0 saturated heterocycles. The van der Waals surface area contributed by atoms with Gasteiger partial charge in [0.1, 0.15) is 0 Å². The van der Waals surface area contributed by atoms with Crippen LogP contribution in [0.5, 0.6) is 0 Å². The molecule has 102 valence electrons. The third-order valence-electron chi connectivity index (χ3n) is 3.12. The Labute approximate surface area is 112 Å². The summed E-state index contributed by atoms with van der Waals surface area (Å²) in [7, 11) is 0. The van der Waals surface area contributed by atoms with Crippen molar-refractivity contribution in [2.75, 3.05) is 25.0 Å². The molecule has 1 heterocycles. The SMILES string of the molecule is CC(=O)NCCNC(=O)c1cccc2c1CCCN2. The molecule has 0 unspecified atom stereocenters. The zero-order valence-corrected chi connectivity index (χ0v) is 11.1. The van der Waals surface area contributed by atoms with Gasteiger partial charge in [0, 0.05) is 37.8 Å². The number of hydrogen-bond acceptors (Lipinski definition) is 3. The van der Waals surface area contributed by atoms with Crippen molar-refractivity contribution in [3.63, 3.8) is 0 Å². The number of anilines is 1. The van der Waals surface area contributed by atoms with E-state index in [1.54, 1.807) is 0 Å². The summed E-state index contributed by atoms with van der Waals surface area (Å²) in [4.78, 5) is 22.8. The summed E-state index contributed by atoms with van der Waals surface area (Å²) in [6, 6.07) is 5.74. The van der Waals surface area contributed by atoms with Crippen LogP contribution in [0, 0.1) is 0 Å². The molecule has 2 rings (SSSR count). The van der Waals surface area contributed by atoms with Crippen LogP contribution in [0.3, 0.4) is 0 Å². The first-order valence-electron chi connectivity index (χ1n) is 6.57. The van der Waals surface area contributed by atoms with E-state index in [0.29, 0.717) is 13.1 Å². The summed E-state index contributed by atoms with van der Waals surface area (Å²) < 4.78 is 0. The van der Waals surface area contributed by atoms with Crippen molar-refractivity contribution in [1.29, 1.82) is 0 Å². The van der Waals surface area contributed by atoms with E-state index >= 15 is 0 Å². The molecule has 0 bridgehead atoms. The standard InChI is InChI=1S/C14H19N3O2/c1-10(18)15-8-9-17-14(19)12-4-2-6-13-11(12)5-3-7-16-13/h2,4,6,16H,3,5,7-9H2,1H3,(H,15,18)(H,17,19). The minimum atomic E-state index is -0.0875. The molecule has 5 heteroatoms. The molecule has 2 amide bonds. The monoisotopic (exact) mass is 261 g/mol. The van der Waals surface area contributed by atoms with Crippen molar-refractivity contribution < 1.29 is 9.59 Å². The van der Waals surface area contributed by atoms with Crippen LogP contribution in [0.15, 0.2) is 18.2 Å². The number of nitrogens with one attached hydrogen (secondary N) is 3. The Morgan fingerprint density at radius 2 is 2.05 bits per heavy atom. The smallest absolute Gasteiger partial charge is 0.251 e. The minimum absolute atomic E-state index is 0.0779. The summed E-state index contributed by atoms with van der Waals surface area (Å²) in [5, 5.41) is 8.77. The molecule has 5 nitrogen and oxygen atoms in total. The molecule has 0 atom stereocenters. The van der Waals surface area contributed by atoms with E-state index in [9.17, 15) is 9.59 Å². The first-order chi connectivity index (χ1) is 9.18. The van der Waals surface area contributed by atoms with Crippen LogP contribution >= 0.6 is 0 Å². The van der Waals surface area contributed by atoms with E-state index in [2.05, 4.69) is 16.0 Å². The van der Waals surface area contributed by atoms with Crippen LogP contribution in [0.1, 0.15) is 29.3 Å². The summed E-state index contributed by atoms with van der Waals surface area (Å²) in [5.41, 5.74) is 2.87. The highest BCUT2D eigenvalue weighted by Crippen LogP contribution is 2.25. The average molecular weight is 261 g/mol. The van der Waals surface area contributed by atoms with Gasteiger partial charge in [-0.1, -0.05) is 6.07 Å². The van der Waals surface area contributed by atoms with Gasteiger partial charge >= 0.3 is 0 Å². The molecule has 1 aromatic carbocycles. The zero-order valence-electron chi connectivity index (χ0n) is 11.1. The maximum atomic E-state index is 12.1.